The summed E-state index contributed by atoms with van der Waals surface area (Å²) in [5.74, 6) is -0.328. The van der Waals surface area contributed by atoms with Crippen LogP contribution in [0, 0.1) is 0 Å². The standard InChI is InChI=1S/C18H18BrNO5S/c1-24-16-5-4-12(9-14(16)19)15(21)10-25-17(22)3-2-7-20-18(23)13-6-8-26-11-13/h4-6,8-9,11H,2-3,7,10H2,1H3,(H,20,23). The van der Waals surface area contributed by atoms with E-state index in [9.17, 15) is 14.4 Å². The Balaban J connectivity index is 1.67. The monoisotopic (exact) mass is 439 g/mol. The molecule has 0 fully saturated rings. The van der Waals surface area contributed by atoms with Crippen molar-refractivity contribution in [2.24, 2.45) is 0 Å². The predicted molar refractivity (Wildman–Crippen MR) is 102 cm³/mol. The zero-order valence-corrected chi connectivity index (χ0v) is 16.5. The lowest BCUT2D eigenvalue weighted by Gasteiger charge is -2.07. The summed E-state index contributed by atoms with van der Waals surface area (Å²) < 4.78 is 10.7. The molecule has 1 aromatic carbocycles. The Kier molecular flexibility index (Phi) is 7.80. The molecule has 2 aromatic rings. The highest BCUT2D eigenvalue weighted by Crippen LogP contribution is 2.25. The van der Waals surface area contributed by atoms with Gasteiger partial charge in [0, 0.05) is 29.5 Å². The summed E-state index contributed by atoms with van der Waals surface area (Å²) in [5, 5.41) is 6.30. The first-order chi connectivity index (χ1) is 12.5. The number of thiophene rings is 1. The van der Waals surface area contributed by atoms with Crippen LogP contribution in [0.15, 0.2) is 39.5 Å². The fraction of sp³-hybridized carbons (Fsp3) is 0.278. The van der Waals surface area contributed by atoms with Gasteiger partial charge in [0.05, 0.1) is 11.6 Å². The summed E-state index contributed by atoms with van der Waals surface area (Å²) in [6.45, 7) is 0.0437. The maximum Gasteiger partial charge on any atom is 0.306 e. The minimum atomic E-state index is -0.476. The van der Waals surface area contributed by atoms with E-state index in [1.807, 2.05) is 5.38 Å². The van der Waals surface area contributed by atoms with E-state index in [4.69, 9.17) is 9.47 Å². The van der Waals surface area contributed by atoms with Gasteiger partial charge in [0.15, 0.2) is 12.4 Å². The molecule has 8 heteroatoms. The van der Waals surface area contributed by atoms with Crippen molar-refractivity contribution in [3.63, 3.8) is 0 Å². The molecule has 2 rings (SSSR count). The number of halogens is 1. The van der Waals surface area contributed by atoms with E-state index in [2.05, 4.69) is 21.2 Å². The Morgan fingerprint density at radius 2 is 2.00 bits per heavy atom. The fourth-order valence-corrected chi connectivity index (χ4v) is 3.25. The van der Waals surface area contributed by atoms with Gasteiger partial charge in [-0.05, 0) is 52.0 Å². The van der Waals surface area contributed by atoms with Gasteiger partial charge in [0.2, 0.25) is 0 Å². The molecule has 0 radical (unpaired) electrons. The van der Waals surface area contributed by atoms with Crippen LogP contribution in [0.5, 0.6) is 5.75 Å². The summed E-state index contributed by atoms with van der Waals surface area (Å²) in [5.41, 5.74) is 1.03. The Morgan fingerprint density at radius 1 is 1.19 bits per heavy atom. The van der Waals surface area contributed by atoms with Gasteiger partial charge in [-0.1, -0.05) is 0 Å². The molecule has 0 aliphatic carbocycles. The van der Waals surface area contributed by atoms with Crippen molar-refractivity contribution in [3.8, 4) is 5.75 Å². The number of methoxy groups -OCH3 is 1. The molecule has 0 spiro atoms. The molecular weight excluding hydrogens is 422 g/mol. The molecule has 1 amide bonds. The van der Waals surface area contributed by atoms with Crippen LogP contribution in [0.1, 0.15) is 33.6 Å². The third kappa shape index (κ3) is 5.96. The molecule has 0 atom stereocenters. The Bertz CT molecular complexity index is 776. The zero-order valence-electron chi connectivity index (χ0n) is 14.1. The second-order valence-corrected chi connectivity index (χ2v) is 6.94. The van der Waals surface area contributed by atoms with Crippen molar-refractivity contribution in [3.05, 3.63) is 50.6 Å². The van der Waals surface area contributed by atoms with Crippen LogP contribution in [-0.4, -0.2) is 37.9 Å². The molecule has 138 valence electrons. The summed E-state index contributed by atoms with van der Waals surface area (Å²) >= 11 is 4.75. The van der Waals surface area contributed by atoms with E-state index in [1.165, 1.54) is 18.4 Å². The number of carbonyl (C=O) groups is 3. The first-order valence-corrected chi connectivity index (χ1v) is 9.57. The Morgan fingerprint density at radius 3 is 2.65 bits per heavy atom. The zero-order chi connectivity index (χ0) is 18.9. The van der Waals surface area contributed by atoms with Gasteiger partial charge in [0.25, 0.3) is 5.91 Å². The number of rotatable bonds is 9. The number of hydrogen-bond donors (Lipinski definition) is 1. The van der Waals surface area contributed by atoms with Crippen LogP contribution >= 0.6 is 27.3 Å². The number of ketones is 1. The number of carbonyl (C=O) groups excluding carboxylic acids is 3. The van der Waals surface area contributed by atoms with Gasteiger partial charge < -0.3 is 14.8 Å². The minimum Gasteiger partial charge on any atom is -0.496 e. The maximum absolute atomic E-state index is 12.1. The average Bonchev–Trinajstić information content (AvgIpc) is 3.17. The topological polar surface area (TPSA) is 81.7 Å². The normalized spacial score (nSPS) is 10.2. The molecule has 0 aliphatic rings. The van der Waals surface area contributed by atoms with Crippen molar-refractivity contribution in [1.82, 2.24) is 5.32 Å². The summed E-state index contributed by atoms with van der Waals surface area (Å²) in [4.78, 5) is 35.5. The van der Waals surface area contributed by atoms with Crippen LogP contribution in [0.3, 0.4) is 0 Å². The van der Waals surface area contributed by atoms with Crippen LogP contribution in [0.2, 0.25) is 0 Å². The summed E-state index contributed by atoms with van der Waals surface area (Å²) in [6, 6.07) is 6.63. The lowest BCUT2D eigenvalue weighted by molar-refractivity contribution is -0.142. The maximum atomic E-state index is 12.1. The van der Waals surface area contributed by atoms with Gasteiger partial charge in [0.1, 0.15) is 5.75 Å². The molecule has 0 unspecified atom stereocenters. The molecule has 0 saturated carbocycles. The molecular formula is C18H18BrNO5S. The second kappa shape index (κ2) is 10.1. The largest absolute Gasteiger partial charge is 0.496 e. The third-order valence-electron chi connectivity index (χ3n) is 3.46. The molecule has 6 nitrogen and oxygen atoms in total. The third-order valence-corrected chi connectivity index (χ3v) is 4.77. The number of amides is 1. The number of ether oxygens (including phenoxy) is 2. The molecule has 1 aromatic heterocycles. The molecule has 26 heavy (non-hydrogen) atoms. The summed E-state index contributed by atoms with van der Waals surface area (Å²) in [6.07, 6.45) is 0.570. The lowest BCUT2D eigenvalue weighted by atomic mass is 10.1. The van der Waals surface area contributed by atoms with E-state index in [0.29, 0.717) is 34.3 Å². The van der Waals surface area contributed by atoms with Crippen LogP contribution in [0.25, 0.3) is 0 Å². The molecule has 1 N–H and O–H groups in total. The minimum absolute atomic E-state index is 0.128. The van der Waals surface area contributed by atoms with Crippen molar-refractivity contribution >= 4 is 44.9 Å². The van der Waals surface area contributed by atoms with Crippen molar-refractivity contribution in [1.29, 1.82) is 0 Å². The number of esters is 1. The van der Waals surface area contributed by atoms with Gasteiger partial charge in [-0.25, -0.2) is 0 Å². The number of benzene rings is 1. The van der Waals surface area contributed by atoms with Gasteiger partial charge >= 0.3 is 5.97 Å². The van der Waals surface area contributed by atoms with Crippen molar-refractivity contribution in [2.75, 3.05) is 20.3 Å². The molecule has 0 aliphatic heterocycles. The van der Waals surface area contributed by atoms with E-state index in [1.54, 1.807) is 29.6 Å². The Labute approximate surface area is 163 Å². The molecule has 0 saturated heterocycles. The number of nitrogens with one attached hydrogen (secondary N) is 1. The predicted octanol–water partition coefficient (Wildman–Crippen LogP) is 3.46. The van der Waals surface area contributed by atoms with E-state index >= 15 is 0 Å². The number of hydrogen-bond acceptors (Lipinski definition) is 6. The molecule has 1 heterocycles. The quantitative estimate of drug-likeness (QED) is 0.367. The smallest absolute Gasteiger partial charge is 0.306 e. The van der Waals surface area contributed by atoms with Gasteiger partial charge in [-0.3, -0.25) is 14.4 Å². The van der Waals surface area contributed by atoms with E-state index in [0.717, 1.165) is 0 Å². The van der Waals surface area contributed by atoms with Gasteiger partial charge in [-0.15, -0.1) is 0 Å². The second-order valence-electron chi connectivity index (χ2n) is 5.30. The van der Waals surface area contributed by atoms with E-state index < -0.39 is 5.97 Å². The van der Waals surface area contributed by atoms with Crippen LogP contribution < -0.4 is 10.1 Å². The van der Waals surface area contributed by atoms with Crippen LogP contribution in [-0.2, 0) is 9.53 Å². The number of Topliss-reactive ketones (excluding diaryl/α,β-unsaturated/α-hetero) is 1. The fourth-order valence-electron chi connectivity index (χ4n) is 2.07. The highest BCUT2D eigenvalue weighted by molar-refractivity contribution is 9.10. The lowest BCUT2D eigenvalue weighted by Crippen LogP contribution is -2.24. The van der Waals surface area contributed by atoms with Gasteiger partial charge in [-0.2, -0.15) is 11.3 Å². The van der Waals surface area contributed by atoms with Crippen LogP contribution in [0.4, 0.5) is 0 Å². The summed E-state index contributed by atoms with van der Waals surface area (Å²) in [7, 11) is 1.53. The SMILES string of the molecule is COc1ccc(C(=O)COC(=O)CCCNC(=O)c2ccsc2)cc1Br. The first kappa shape index (κ1) is 20.1. The first-order valence-electron chi connectivity index (χ1n) is 7.84. The Hall–Kier alpha value is -2.19. The average molecular weight is 440 g/mol. The highest BCUT2D eigenvalue weighted by atomic mass is 79.9. The molecule has 0 bridgehead atoms. The van der Waals surface area contributed by atoms with Crippen molar-refractivity contribution in [2.45, 2.75) is 12.8 Å². The highest BCUT2D eigenvalue weighted by Gasteiger charge is 2.12. The van der Waals surface area contributed by atoms with E-state index in [-0.39, 0.29) is 24.7 Å². The van der Waals surface area contributed by atoms with Crippen molar-refractivity contribution < 1.29 is 23.9 Å².